The number of nitrogens with two attached hydrogens (primary N) is 1. The van der Waals surface area contributed by atoms with E-state index in [-0.39, 0.29) is 16.7 Å². The highest BCUT2D eigenvalue weighted by atomic mass is 32.2. The summed E-state index contributed by atoms with van der Waals surface area (Å²) in [7, 11) is -3.78. The van der Waals surface area contributed by atoms with Crippen LogP contribution >= 0.6 is 0 Å². The molecule has 0 saturated heterocycles. The molecular formula is C22H19FN6O2S. The number of hydrogen-bond donors (Lipinski definition) is 3. The van der Waals surface area contributed by atoms with Gasteiger partial charge in [-0.05, 0) is 66.1 Å². The van der Waals surface area contributed by atoms with Crippen LogP contribution in [-0.2, 0) is 16.4 Å². The number of rotatable bonds is 7. The van der Waals surface area contributed by atoms with Gasteiger partial charge < -0.3 is 10.6 Å². The van der Waals surface area contributed by atoms with Gasteiger partial charge in [0.25, 0.3) is 0 Å². The van der Waals surface area contributed by atoms with E-state index in [4.69, 9.17) is 5.14 Å². The van der Waals surface area contributed by atoms with Crippen LogP contribution in [0.5, 0.6) is 0 Å². The maximum Gasteiger partial charge on any atom is 0.238 e. The Bertz CT molecular complexity index is 1320. The second kappa shape index (κ2) is 9.08. The van der Waals surface area contributed by atoms with Crippen LogP contribution in [0.15, 0.2) is 84.1 Å². The summed E-state index contributed by atoms with van der Waals surface area (Å²) in [6.45, 7) is 0. The monoisotopic (exact) mass is 450 g/mol. The third-order valence-corrected chi connectivity index (χ3v) is 5.49. The largest absolute Gasteiger partial charge is 0.338 e. The van der Waals surface area contributed by atoms with Crippen molar-refractivity contribution in [1.82, 2.24) is 15.0 Å². The molecule has 4 aromatic rings. The number of primary sulfonamides is 1. The van der Waals surface area contributed by atoms with Crippen LogP contribution < -0.4 is 15.8 Å². The van der Waals surface area contributed by atoms with Crippen LogP contribution in [0.3, 0.4) is 0 Å². The fourth-order valence-corrected chi connectivity index (χ4v) is 3.47. The Labute approximate surface area is 184 Å². The minimum Gasteiger partial charge on any atom is -0.338 e. The van der Waals surface area contributed by atoms with Crippen LogP contribution in [-0.4, -0.2) is 23.4 Å². The van der Waals surface area contributed by atoms with E-state index < -0.39 is 15.8 Å². The smallest absolute Gasteiger partial charge is 0.238 e. The molecule has 10 heteroatoms. The molecule has 0 bridgehead atoms. The number of nitrogens with zero attached hydrogens (tertiary/aromatic N) is 3. The summed E-state index contributed by atoms with van der Waals surface area (Å²) in [6, 6.07) is 17.2. The third-order valence-electron chi connectivity index (χ3n) is 4.56. The molecule has 0 aliphatic carbocycles. The molecule has 2 heterocycles. The molecule has 2 aromatic heterocycles. The Morgan fingerprint density at radius 1 is 0.844 bits per heavy atom. The first kappa shape index (κ1) is 21.3. The highest BCUT2D eigenvalue weighted by Crippen LogP contribution is 2.22. The van der Waals surface area contributed by atoms with Crippen LogP contribution in [0.1, 0.15) is 11.1 Å². The molecule has 0 spiro atoms. The molecular weight excluding hydrogens is 431 g/mol. The first-order valence-electron chi connectivity index (χ1n) is 9.54. The first-order valence-corrected chi connectivity index (χ1v) is 11.1. The number of hydrogen-bond acceptors (Lipinski definition) is 7. The summed E-state index contributed by atoms with van der Waals surface area (Å²) >= 11 is 0. The maximum atomic E-state index is 14.2. The van der Waals surface area contributed by atoms with Crippen molar-refractivity contribution in [3.8, 4) is 0 Å². The van der Waals surface area contributed by atoms with Crippen molar-refractivity contribution in [3.63, 3.8) is 0 Å². The Morgan fingerprint density at radius 3 is 2.09 bits per heavy atom. The molecule has 4 rings (SSSR count). The van der Waals surface area contributed by atoms with Crippen molar-refractivity contribution in [3.05, 3.63) is 96.2 Å². The van der Waals surface area contributed by atoms with Gasteiger partial charge in [0.05, 0.1) is 11.1 Å². The SMILES string of the molecule is NS(=O)(=O)c1ccc(Nc2ncc(F)c(Nc3ccc(Cc4ccncc4)cc3)n2)cc1. The van der Waals surface area contributed by atoms with Gasteiger partial charge in [-0.25, -0.2) is 22.9 Å². The van der Waals surface area contributed by atoms with Gasteiger partial charge in [-0.15, -0.1) is 0 Å². The fraction of sp³-hybridized carbons (Fsp3) is 0.0455. The molecule has 0 radical (unpaired) electrons. The van der Waals surface area contributed by atoms with Crippen molar-refractivity contribution < 1.29 is 12.8 Å². The average Bonchev–Trinajstić information content (AvgIpc) is 2.78. The molecule has 0 aliphatic heterocycles. The lowest BCUT2D eigenvalue weighted by Gasteiger charge is -2.10. The molecule has 0 unspecified atom stereocenters. The van der Waals surface area contributed by atoms with Gasteiger partial charge in [-0.1, -0.05) is 12.1 Å². The summed E-state index contributed by atoms with van der Waals surface area (Å²) in [6.07, 6.45) is 5.32. The number of sulfonamides is 1. The first-order chi connectivity index (χ1) is 15.4. The van der Waals surface area contributed by atoms with Crippen LogP contribution in [0.2, 0.25) is 0 Å². The summed E-state index contributed by atoms with van der Waals surface area (Å²) in [5.41, 5.74) is 3.45. The Kier molecular flexibility index (Phi) is 6.06. The average molecular weight is 450 g/mol. The van der Waals surface area contributed by atoms with Crippen molar-refractivity contribution in [2.24, 2.45) is 5.14 Å². The normalized spacial score (nSPS) is 11.2. The van der Waals surface area contributed by atoms with Crippen molar-refractivity contribution in [2.75, 3.05) is 10.6 Å². The van der Waals surface area contributed by atoms with Gasteiger partial charge in [0.2, 0.25) is 16.0 Å². The van der Waals surface area contributed by atoms with Gasteiger partial charge in [-0.3, -0.25) is 4.98 Å². The standard InChI is InChI=1S/C22H19FN6O2S/c23-20-14-26-22(28-18-5-7-19(8-6-18)32(24,30)31)29-21(20)27-17-3-1-15(2-4-17)13-16-9-11-25-12-10-16/h1-12,14H,13H2,(H2,24,30,31)(H2,26,27,28,29). The highest BCUT2D eigenvalue weighted by Gasteiger charge is 2.10. The zero-order valence-electron chi connectivity index (χ0n) is 16.7. The van der Waals surface area contributed by atoms with Crippen LogP contribution in [0.4, 0.5) is 27.5 Å². The zero-order valence-corrected chi connectivity index (χ0v) is 17.6. The van der Waals surface area contributed by atoms with E-state index in [0.717, 1.165) is 23.7 Å². The van der Waals surface area contributed by atoms with Gasteiger partial charge in [-0.2, -0.15) is 4.98 Å². The van der Waals surface area contributed by atoms with E-state index in [1.54, 1.807) is 12.4 Å². The van der Waals surface area contributed by atoms with Crippen molar-refractivity contribution in [2.45, 2.75) is 11.3 Å². The number of pyridine rings is 1. The van der Waals surface area contributed by atoms with Gasteiger partial charge in [0, 0.05) is 23.8 Å². The van der Waals surface area contributed by atoms with E-state index >= 15 is 0 Å². The molecule has 32 heavy (non-hydrogen) atoms. The number of aromatic nitrogens is 3. The zero-order chi connectivity index (χ0) is 22.6. The quantitative estimate of drug-likeness (QED) is 0.392. The molecule has 162 valence electrons. The lowest BCUT2D eigenvalue weighted by atomic mass is 10.1. The van der Waals surface area contributed by atoms with Crippen LogP contribution in [0, 0.1) is 5.82 Å². The third kappa shape index (κ3) is 5.42. The topological polar surface area (TPSA) is 123 Å². The number of nitrogens with one attached hydrogen (secondary N) is 2. The lowest BCUT2D eigenvalue weighted by molar-refractivity contribution is 0.598. The molecule has 4 N–H and O–H groups in total. The molecule has 0 fully saturated rings. The molecule has 0 amide bonds. The summed E-state index contributed by atoms with van der Waals surface area (Å²) in [5.74, 6) is -0.460. The number of anilines is 4. The van der Waals surface area contributed by atoms with E-state index in [1.165, 1.54) is 24.3 Å². The van der Waals surface area contributed by atoms with E-state index in [0.29, 0.717) is 11.4 Å². The molecule has 0 atom stereocenters. The molecule has 2 aromatic carbocycles. The number of halogens is 1. The summed E-state index contributed by atoms with van der Waals surface area (Å²) in [5, 5.41) is 10.9. The van der Waals surface area contributed by atoms with Crippen molar-refractivity contribution in [1.29, 1.82) is 0 Å². The predicted octanol–water partition coefficient (Wildman–Crippen LogP) is 3.74. The Morgan fingerprint density at radius 2 is 1.44 bits per heavy atom. The van der Waals surface area contributed by atoms with Gasteiger partial charge in [0.15, 0.2) is 11.6 Å². The van der Waals surface area contributed by atoms with Crippen molar-refractivity contribution >= 4 is 33.2 Å². The summed E-state index contributed by atoms with van der Waals surface area (Å²) in [4.78, 5) is 12.1. The molecule has 8 nitrogen and oxygen atoms in total. The number of benzene rings is 2. The van der Waals surface area contributed by atoms with Crippen LogP contribution in [0.25, 0.3) is 0 Å². The minimum atomic E-state index is -3.78. The summed E-state index contributed by atoms with van der Waals surface area (Å²) < 4.78 is 36.9. The maximum absolute atomic E-state index is 14.2. The molecule has 0 aliphatic rings. The molecule has 0 saturated carbocycles. The van der Waals surface area contributed by atoms with E-state index in [1.807, 2.05) is 36.4 Å². The van der Waals surface area contributed by atoms with E-state index in [9.17, 15) is 12.8 Å². The second-order valence-electron chi connectivity index (χ2n) is 6.94. The lowest BCUT2D eigenvalue weighted by Crippen LogP contribution is -2.11. The fourth-order valence-electron chi connectivity index (χ4n) is 2.95. The Hall–Kier alpha value is -3.89. The van der Waals surface area contributed by atoms with Gasteiger partial charge >= 0.3 is 0 Å². The predicted molar refractivity (Wildman–Crippen MR) is 120 cm³/mol. The Balaban J connectivity index is 1.46. The second-order valence-corrected chi connectivity index (χ2v) is 8.50. The minimum absolute atomic E-state index is 0.00513. The highest BCUT2D eigenvalue weighted by molar-refractivity contribution is 7.89. The van der Waals surface area contributed by atoms with E-state index in [2.05, 4.69) is 25.6 Å². The van der Waals surface area contributed by atoms with Gasteiger partial charge in [0.1, 0.15) is 0 Å².